The van der Waals surface area contributed by atoms with Crippen LogP contribution < -0.4 is 10.6 Å². The molecule has 0 aliphatic carbocycles. The maximum atomic E-state index is 12.0. The van der Waals surface area contributed by atoms with Crippen molar-refractivity contribution in [1.29, 1.82) is 0 Å². The summed E-state index contributed by atoms with van der Waals surface area (Å²) in [4.78, 5) is 12.0. The van der Waals surface area contributed by atoms with E-state index in [0.717, 1.165) is 38.8 Å². The fraction of sp³-hybridized carbons (Fsp3) is 0.769. The molecule has 1 aliphatic heterocycles. The minimum Gasteiger partial charge on any atom is -0.348 e. The van der Waals surface area contributed by atoms with E-state index in [1.54, 1.807) is 6.20 Å². The molecule has 1 aliphatic rings. The first-order valence-electron chi connectivity index (χ1n) is 7.14. The van der Waals surface area contributed by atoms with Gasteiger partial charge in [-0.05, 0) is 39.3 Å². The van der Waals surface area contributed by atoms with Gasteiger partial charge in [-0.2, -0.15) is 0 Å². The second-order valence-electron chi connectivity index (χ2n) is 5.23. The highest BCUT2D eigenvalue weighted by molar-refractivity contribution is 5.92. The lowest BCUT2D eigenvalue weighted by molar-refractivity contribution is 0.0933. The summed E-state index contributed by atoms with van der Waals surface area (Å²) < 4.78 is 1.83. The minimum atomic E-state index is -0.124. The molecule has 1 aromatic heterocycles. The van der Waals surface area contributed by atoms with E-state index in [2.05, 4.69) is 27.9 Å². The molecule has 1 aromatic rings. The number of nitrogens with zero attached hydrogens (tertiary/aromatic N) is 3. The molecule has 6 heteroatoms. The maximum Gasteiger partial charge on any atom is 0.273 e. The van der Waals surface area contributed by atoms with E-state index < -0.39 is 0 Å². The lowest BCUT2D eigenvalue weighted by atomic mass is 10.1. The van der Waals surface area contributed by atoms with E-state index in [0.29, 0.717) is 11.7 Å². The lowest BCUT2D eigenvalue weighted by Crippen LogP contribution is -2.32. The Bertz CT molecular complexity index is 411. The fourth-order valence-electron chi connectivity index (χ4n) is 2.43. The van der Waals surface area contributed by atoms with Crippen molar-refractivity contribution in [1.82, 2.24) is 25.6 Å². The average Bonchev–Trinajstić information content (AvgIpc) is 2.89. The summed E-state index contributed by atoms with van der Waals surface area (Å²) in [7, 11) is 0. The van der Waals surface area contributed by atoms with Crippen molar-refractivity contribution in [3.63, 3.8) is 0 Å². The van der Waals surface area contributed by atoms with Crippen molar-refractivity contribution in [2.75, 3.05) is 13.1 Å². The Hall–Kier alpha value is -1.43. The number of hydrogen-bond acceptors (Lipinski definition) is 4. The number of nitrogens with one attached hydrogen (secondary N) is 2. The Morgan fingerprint density at radius 1 is 1.58 bits per heavy atom. The summed E-state index contributed by atoms with van der Waals surface area (Å²) in [6.45, 7) is 6.12. The zero-order valence-corrected chi connectivity index (χ0v) is 11.7. The Labute approximate surface area is 113 Å². The van der Waals surface area contributed by atoms with Gasteiger partial charge in [0.2, 0.25) is 0 Å². The van der Waals surface area contributed by atoms with E-state index in [1.165, 1.54) is 0 Å². The molecular formula is C13H23N5O. The van der Waals surface area contributed by atoms with Crippen LogP contribution in [-0.2, 0) is 0 Å². The summed E-state index contributed by atoms with van der Waals surface area (Å²) in [6, 6.07) is 0.546. The normalized spacial score (nSPS) is 18.2. The van der Waals surface area contributed by atoms with Gasteiger partial charge in [0.1, 0.15) is 0 Å². The van der Waals surface area contributed by atoms with Gasteiger partial charge in [0.05, 0.1) is 12.2 Å². The van der Waals surface area contributed by atoms with Crippen molar-refractivity contribution < 1.29 is 4.79 Å². The van der Waals surface area contributed by atoms with Crippen molar-refractivity contribution in [3.8, 4) is 0 Å². The zero-order valence-electron chi connectivity index (χ0n) is 11.7. The van der Waals surface area contributed by atoms with Gasteiger partial charge < -0.3 is 10.6 Å². The van der Waals surface area contributed by atoms with Gasteiger partial charge in [-0.1, -0.05) is 18.6 Å². The molecule has 2 rings (SSSR count). The van der Waals surface area contributed by atoms with Gasteiger partial charge in [-0.15, -0.1) is 5.10 Å². The summed E-state index contributed by atoms with van der Waals surface area (Å²) in [5.74, 6) is -0.124. The molecular weight excluding hydrogens is 242 g/mol. The monoisotopic (exact) mass is 265 g/mol. The third-order valence-electron chi connectivity index (χ3n) is 3.52. The van der Waals surface area contributed by atoms with Gasteiger partial charge in [0, 0.05) is 6.04 Å². The summed E-state index contributed by atoms with van der Waals surface area (Å²) in [5, 5.41) is 14.3. The molecule has 1 atom stereocenters. The molecule has 0 bridgehead atoms. The smallest absolute Gasteiger partial charge is 0.273 e. The number of piperidine rings is 1. The molecule has 0 saturated carbocycles. The maximum absolute atomic E-state index is 12.0. The summed E-state index contributed by atoms with van der Waals surface area (Å²) >= 11 is 0. The van der Waals surface area contributed by atoms with Crippen LogP contribution in [0.3, 0.4) is 0 Å². The van der Waals surface area contributed by atoms with E-state index in [1.807, 2.05) is 11.6 Å². The molecule has 106 valence electrons. The Kier molecular flexibility index (Phi) is 4.90. The number of aromatic nitrogens is 3. The highest BCUT2D eigenvalue weighted by Gasteiger charge is 2.19. The third-order valence-corrected chi connectivity index (χ3v) is 3.52. The number of rotatable bonds is 5. The highest BCUT2D eigenvalue weighted by atomic mass is 16.2. The fourth-order valence-corrected chi connectivity index (χ4v) is 2.43. The molecule has 0 spiro atoms. The molecule has 2 heterocycles. The van der Waals surface area contributed by atoms with Crippen molar-refractivity contribution >= 4 is 5.91 Å². The first kappa shape index (κ1) is 14.0. The predicted octanol–water partition coefficient (Wildman–Crippen LogP) is 1.12. The Balaban J connectivity index is 1.94. The van der Waals surface area contributed by atoms with Crippen molar-refractivity contribution in [2.45, 2.75) is 51.6 Å². The molecule has 6 nitrogen and oxygen atoms in total. The van der Waals surface area contributed by atoms with Crippen LogP contribution in [0.5, 0.6) is 0 Å². The Morgan fingerprint density at radius 3 is 3.00 bits per heavy atom. The van der Waals surface area contributed by atoms with Crippen LogP contribution in [0.25, 0.3) is 0 Å². The number of carbonyl (C=O) groups is 1. The van der Waals surface area contributed by atoms with E-state index in [9.17, 15) is 4.79 Å². The Morgan fingerprint density at radius 2 is 2.32 bits per heavy atom. The van der Waals surface area contributed by atoms with Crippen LogP contribution >= 0.6 is 0 Å². The van der Waals surface area contributed by atoms with Crippen LogP contribution in [0.15, 0.2) is 6.20 Å². The van der Waals surface area contributed by atoms with Gasteiger partial charge >= 0.3 is 0 Å². The van der Waals surface area contributed by atoms with Crippen molar-refractivity contribution in [2.24, 2.45) is 0 Å². The molecule has 19 heavy (non-hydrogen) atoms. The molecule has 2 N–H and O–H groups in total. The summed E-state index contributed by atoms with van der Waals surface area (Å²) in [5.41, 5.74) is 0.418. The van der Waals surface area contributed by atoms with Crippen molar-refractivity contribution in [3.05, 3.63) is 11.9 Å². The molecule has 1 saturated heterocycles. The predicted molar refractivity (Wildman–Crippen MR) is 73.0 cm³/mol. The number of hydrogen-bond donors (Lipinski definition) is 2. The summed E-state index contributed by atoms with van der Waals surface area (Å²) in [6.07, 6.45) is 5.88. The molecule has 1 unspecified atom stereocenters. The van der Waals surface area contributed by atoms with Crippen LogP contribution in [0, 0.1) is 0 Å². The highest BCUT2D eigenvalue weighted by Crippen LogP contribution is 2.17. The first-order valence-corrected chi connectivity index (χ1v) is 7.14. The molecule has 1 fully saturated rings. The largest absolute Gasteiger partial charge is 0.348 e. The third kappa shape index (κ3) is 3.76. The number of carbonyl (C=O) groups excluding carboxylic acids is 1. The van der Waals surface area contributed by atoms with Gasteiger partial charge in [-0.25, -0.2) is 4.68 Å². The van der Waals surface area contributed by atoms with Crippen LogP contribution in [0.1, 0.15) is 56.1 Å². The van der Waals surface area contributed by atoms with E-state index >= 15 is 0 Å². The second-order valence-corrected chi connectivity index (χ2v) is 5.23. The van der Waals surface area contributed by atoms with Gasteiger partial charge in [0.25, 0.3) is 5.91 Å². The standard InChI is InChI=1S/C13H23N5O/c1-3-4-10(2)15-13(19)12-9-18(17-16-12)11-5-7-14-8-6-11/h9-11,14H,3-8H2,1-2H3,(H,15,19). The van der Waals surface area contributed by atoms with Crippen LogP contribution in [-0.4, -0.2) is 40.0 Å². The van der Waals surface area contributed by atoms with Crippen LogP contribution in [0.4, 0.5) is 0 Å². The second kappa shape index (κ2) is 6.65. The SMILES string of the molecule is CCCC(C)NC(=O)c1cn(C2CCNCC2)nn1. The van der Waals surface area contributed by atoms with E-state index in [-0.39, 0.29) is 11.9 Å². The zero-order chi connectivity index (χ0) is 13.7. The lowest BCUT2D eigenvalue weighted by Gasteiger charge is -2.22. The van der Waals surface area contributed by atoms with Gasteiger partial charge in [-0.3, -0.25) is 4.79 Å². The van der Waals surface area contributed by atoms with E-state index in [4.69, 9.17) is 0 Å². The number of amides is 1. The quantitative estimate of drug-likeness (QED) is 0.837. The minimum absolute atomic E-state index is 0.124. The molecule has 0 radical (unpaired) electrons. The first-order chi connectivity index (χ1) is 9.20. The average molecular weight is 265 g/mol. The molecule has 1 amide bonds. The van der Waals surface area contributed by atoms with Crippen LogP contribution in [0.2, 0.25) is 0 Å². The molecule has 0 aromatic carbocycles. The topological polar surface area (TPSA) is 71.8 Å². The van der Waals surface area contributed by atoms with Gasteiger partial charge in [0.15, 0.2) is 5.69 Å².